The number of rotatable bonds is 11. The number of methoxy groups -OCH3 is 3. The first-order valence-electron chi connectivity index (χ1n) is 13.1. The van der Waals surface area contributed by atoms with Gasteiger partial charge in [0.1, 0.15) is 5.75 Å². The molecule has 2 heterocycles. The predicted octanol–water partition coefficient (Wildman–Crippen LogP) is 2.77. The van der Waals surface area contributed by atoms with Crippen LogP contribution in [0.1, 0.15) is 37.9 Å². The third-order valence-corrected chi connectivity index (χ3v) is 7.34. The molecule has 42 heavy (non-hydrogen) atoms. The molecule has 1 aromatic heterocycles. The molecule has 1 aliphatic heterocycles. The molecule has 4 rings (SSSR count). The van der Waals surface area contributed by atoms with E-state index in [9.17, 15) is 14.4 Å². The van der Waals surface area contributed by atoms with Gasteiger partial charge < -0.3 is 28.4 Å². The van der Waals surface area contributed by atoms with Gasteiger partial charge in [0.05, 0.1) is 56.4 Å². The minimum Gasteiger partial charge on any atom is -0.493 e. The van der Waals surface area contributed by atoms with Crippen molar-refractivity contribution in [3.8, 4) is 23.0 Å². The number of nitrogens with zero attached hydrogens (tertiary/aromatic N) is 2. The highest BCUT2D eigenvalue weighted by Crippen LogP contribution is 2.42. The Kier molecular flexibility index (Phi) is 9.68. The lowest BCUT2D eigenvalue weighted by molar-refractivity contribution is -0.145. The first-order chi connectivity index (χ1) is 20.3. The van der Waals surface area contributed by atoms with Crippen LogP contribution in [0.25, 0.3) is 6.08 Å². The van der Waals surface area contributed by atoms with Gasteiger partial charge >= 0.3 is 11.9 Å². The molecule has 2 aromatic carbocycles. The summed E-state index contributed by atoms with van der Waals surface area (Å²) in [4.78, 5) is 43.7. The molecule has 0 amide bonds. The van der Waals surface area contributed by atoms with Crippen LogP contribution in [0.2, 0.25) is 0 Å². The Labute approximate surface area is 246 Å². The molecule has 1 atom stereocenters. The van der Waals surface area contributed by atoms with Crippen LogP contribution in [-0.4, -0.2) is 57.7 Å². The normalized spacial score (nSPS) is 14.5. The molecule has 1 aliphatic rings. The number of carbonyl (C=O) groups excluding carboxylic acids is 2. The molecule has 0 spiro atoms. The molecule has 0 radical (unpaired) electrons. The van der Waals surface area contributed by atoms with Crippen molar-refractivity contribution in [1.29, 1.82) is 0 Å². The Morgan fingerprint density at radius 3 is 2.19 bits per heavy atom. The van der Waals surface area contributed by atoms with E-state index in [0.717, 1.165) is 5.56 Å². The van der Waals surface area contributed by atoms with Crippen molar-refractivity contribution in [3.05, 3.63) is 78.5 Å². The van der Waals surface area contributed by atoms with Crippen molar-refractivity contribution >= 4 is 29.4 Å². The van der Waals surface area contributed by atoms with Gasteiger partial charge in [-0.2, -0.15) is 0 Å². The van der Waals surface area contributed by atoms with Crippen molar-refractivity contribution in [2.45, 2.75) is 26.8 Å². The number of hydrogen-bond donors (Lipinski definition) is 0. The maximum absolute atomic E-state index is 13.9. The van der Waals surface area contributed by atoms with Crippen LogP contribution in [0.3, 0.4) is 0 Å². The van der Waals surface area contributed by atoms with E-state index in [-0.39, 0.29) is 31.0 Å². The van der Waals surface area contributed by atoms with Gasteiger partial charge in [-0.05, 0) is 62.2 Å². The van der Waals surface area contributed by atoms with E-state index in [4.69, 9.17) is 28.4 Å². The second-order valence-electron chi connectivity index (χ2n) is 8.92. The molecule has 0 aliphatic carbocycles. The fourth-order valence-electron chi connectivity index (χ4n) is 4.52. The standard InChI is InChI=1S/C30H32N2O9S/c1-7-39-24(33)16-41-20-11-9-18(10-12-20)13-23-28(34)32-26(19-14-21(36-4)27(38-6)22(15-19)37-5)25(29(35)40-8-2)17(3)31-30(32)42-23/h9-15,26H,7-8,16H2,1-6H3/b23-13-/t26-/m1/s1. The number of fused-ring (bicyclic) bond motifs is 1. The lowest BCUT2D eigenvalue weighted by Crippen LogP contribution is -2.40. The van der Waals surface area contributed by atoms with Gasteiger partial charge in [0.2, 0.25) is 5.75 Å². The van der Waals surface area contributed by atoms with Gasteiger partial charge in [-0.3, -0.25) is 9.36 Å². The van der Waals surface area contributed by atoms with E-state index in [1.165, 1.54) is 37.2 Å². The average Bonchev–Trinajstić information content (AvgIpc) is 3.29. The van der Waals surface area contributed by atoms with Gasteiger partial charge in [0.25, 0.3) is 5.56 Å². The number of benzene rings is 2. The second kappa shape index (κ2) is 13.4. The van der Waals surface area contributed by atoms with E-state index in [2.05, 4.69) is 4.99 Å². The highest BCUT2D eigenvalue weighted by molar-refractivity contribution is 7.07. The van der Waals surface area contributed by atoms with Crippen molar-refractivity contribution < 1.29 is 38.0 Å². The van der Waals surface area contributed by atoms with Crippen molar-refractivity contribution in [2.75, 3.05) is 41.2 Å². The van der Waals surface area contributed by atoms with E-state index < -0.39 is 18.0 Å². The number of ether oxygens (including phenoxy) is 6. The summed E-state index contributed by atoms with van der Waals surface area (Å²) in [5.74, 6) is 0.573. The van der Waals surface area contributed by atoms with Crippen LogP contribution in [0.5, 0.6) is 23.0 Å². The summed E-state index contributed by atoms with van der Waals surface area (Å²) in [6.07, 6.45) is 1.73. The van der Waals surface area contributed by atoms with Gasteiger partial charge in [-0.25, -0.2) is 14.6 Å². The zero-order valence-electron chi connectivity index (χ0n) is 24.2. The first kappa shape index (κ1) is 30.4. The Morgan fingerprint density at radius 1 is 0.976 bits per heavy atom. The van der Waals surface area contributed by atoms with Crippen molar-refractivity contribution in [3.63, 3.8) is 0 Å². The van der Waals surface area contributed by atoms with Gasteiger partial charge in [0, 0.05) is 0 Å². The number of allylic oxidation sites excluding steroid dienone is 1. The maximum atomic E-state index is 13.9. The fraction of sp³-hybridized carbons (Fsp3) is 0.333. The van der Waals surface area contributed by atoms with Crippen molar-refractivity contribution in [2.24, 2.45) is 4.99 Å². The van der Waals surface area contributed by atoms with Crippen LogP contribution in [0, 0.1) is 0 Å². The molecule has 0 fully saturated rings. The van der Waals surface area contributed by atoms with E-state index >= 15 is 0 Å². The van der Waals surface area contributed by atoms with Crippen LogP contribution in [-0.2, 0) is 19.1 Å². The van der Waals surface area contributed by atoms with Crippen LogP contribution < -0.4 is 33.8 Å². The minimum atomic E-state index is -0.866. The molecule has 12 heteroatoms. The molecule has 11 nitrogen and oxygen atoms in total. The quantitative estimate of drug-likeness (QED) is 0.308. The number of hydrogen-bond acceptors (Lipinski definition) is 11. The average molecular weight is 597 g/mol. The summed E-state index contributed by atoms with van der Waals surface area (Å²) >= 11 is 1.20. The highest BCUT2D eigenvalue weighted by atomic mass is 32.1. The lowest BCUT2D eigenvalue weighted by atomic mass is 9.95. The Balaban J connectivity index is 1.82. The summed E-state index contributed by atoms with van der Waals surface area (Å²) in [7, 11) is 4.48. The summed E-state index contributed by atoms with van der Waals surface area (Å²) < 4.78 is 34.2. The zero-order chi connectivity index (χ0) is 30.4. The van der Waals surface area contributed by atoms with Crippen molar-refractivity contribution in [1.82, 2.24) is 4.57 Å². The third kappa shape index (κ3) is 6.18. The number of thiazole rings is 1. The van der Waals surface area contributed by atoms with E-state index in [1.807, 2.05) is 0 Å². The fourth-order valence-corrected chi connectivity index (χ4v) is 5.57. The van der Waals surface area contributed by atoms with Gasteiger partial charge in [-0.1, -0.05) is 23.5 Å². The molecule has 0 bridgehead atoms. The summed E-state index contributed by atoms with van der Waals surface area (Å²) in [6, 6.07) is 9.48. The molecular weight excluding hydrogens is 564 g/mol. The molecular formula is C30H32N2O9S. The smallest absolute Gasteiger partial charge is 0.344 e. The molecule has 0 N–H and O–H groups in total. The number of carbonyl (C=O) groups is 2. The van der Waals surface area contributed by atoms with Crippen LogP contribution in [0.15, 0.2) is 57.5 Å². The van der Waals surface area contributed by atoms with Crippen LogP contribution >= 0.6 is 11.3 Å². The molecule has 3 aromatic rings. The molecule has 0 saturated carbocycles. The number of esters is 2. The summed E-state index contributed by atoms with van der Waals surface area (Å²) in [5, 5.41) is 0. The topological polar surface area (TPSA) is 124 Å². The Morgan fingerprint density at radius 2 is 1.62 bits per heavy atom. The molecule has 222 valence electrons. The second-order valence-corrected chi connectivity index (χ2v) is 9.93. The summed E-state index contributed by atoms with van der Waals surface area (Å²) in [6.45, 7) is 5.38. The highest BCUT2D eigenvalue weighted by Gasteiger charge is 2.34. The maximum Gasteiger partial charge on any atom is 0.344 e. The molecule has 0 unspecified atom stereocenters. The van der Waals surface area contributed by atoms with E-state index in [1.54, 1.807) is 63.2 Å². The third-order valence-electron chi connectivity index (χ3n) is 6.36. The monoisotopic (exact) mass is 596 g/mol. The Hall–Kier alpha value is -4.58. The lowest BCUT2D eigenvalue weighted by Gasteiger charge is -2.26. The Bertz CT molecular complexity index is 1660. The van der Waals surface area contributed by atoms with Crippen LogP contribution in [0.4, 0.5) is 0 Å². The van der Waals surface area contributed by atoms with Gasteiger partial charge in [0.15, 0.2) is 22.9 Å². The minimum absolute atomic E-state index is 0.154. The summed E-state index contributed by atoms with van der Waals surface area (Å²) in [5.41, 5.74) is 1.61. The number of aromatic nitrogens is 1. The first-order valence-corrected chi connectivity index (χ1v) is 14.0. The zero-order valence-corrected chi connectivity index (χ0v) is 25.0. The SMILES string of the molecule is CCOC(=O)COc1ccc(/C=c2\sc3n(c2=O)[C@H](c2cc(OC)c(OC)c(OC)c2)C(C(=O)OCC)=C(C)N=3)cc1. The van der Waals surface area contributed by atoms with Gasteiger partial charge in [-0.15, -0.1) is 0 Å². The van der Waals surface area contributed by atoms with E-state index in [0.29, 0.717) is 43.6 Å². The molecule has 0 saturated heterocycles. The largest absolute Gasteiger partial charge is 0.493 e. The predicted molar refractivity (Wildman–Crippen MR) is 155 cm³/mol.